The van der Waals surface area contributed by atoms with Crippen molar-refractivity contribution in [1.82, 2.24) is 0 Å². The van der Waals surface area contributed by atoms with Gasteiger partial charge in [0.25, 0.3) is 0 Å². The van der Waals surface area contributed by atoms with Crippen LogP contribution < -0.4 is 0 Å². The molecule has 0 bridgehead atoms. The Morgan fingerprint density at radius 3 is 1.36 bits per heavy atom. The first-order valence-corrected chi connectivity index (χ1v) is 10.7. The molecule has 0 saturated carbocycles. The lowest BCUT2D eigenvalue weighted by atomic mass is 10.1. The van der Waals surface area contributed by atoms with E-state index in [0.29, 0.717) is 0 Å². The van der Waals surface area contributed by atoms with Crippen LogP contribution in [0.5, 0.6) is 0 Å². The number of carbonyl (C=O) groups is 4. The van der Waals surface area contributed by atoms with Gasteiger partial charge in [-0.3, -0.25) is 9.98 Å². The Hall–Kier alpha value is -3.87. The molecule has 0 aromatic heterocycles. The highest BCUT2D eigenvalue weighted by Crippen LogP contribution is 2.30. The zero-order valence-electron chi connectivity index (χ0n) is 18.0. The molecule has 0 amide bonds. The van der Waals surface area contributed by atoms with Gasteiger partial charge in [0.15, 0.2) is 10.7 Å². The van der Waals surface area contributed by atoms with Crippen LogP contribution in [0.25, 0.3) is 0 Å². The summed E-state index contributed by atoms with van der Waals surface area (Å²) in [4.78, 5) is 55.3. The smallest absolute Gasteiger partial charge is 0.356 e. The summed E-state index contributed by atoms with van der Waals surface area (Å²) in [6.07, 6.45) is 6.47. The molecule has 2 rings (SSSR count). The maximum Gasteiger partial charge on any atom is 0.356 e. The van der Waals surface area contributed by atoms with Crippen molar-refractivity contribution in [3.05, 3.63) is 47.6 Å². The molecule has 0 radical (unpaired) electrons. The molecular weight excluding hydrogens is 460 g/mol. The van der Waals surface area contributed by atoms with Gasteiger partial charge >= 0.3 is 23.9 Å². The number of esters is 4. The maximum absolute atomic E-state index is 13.6. The van der Waals surface area contributed by atoms with Crippen molar-refractivity contribution in [2.75, 3.05) is 28.4 Å². The van der Waals surface area contributed by atoms with Gasteiger partial charge in [-0.2, -0.15) is 0 Å². The molecule has 2 heterocycles. The first-order chi connectivity index (χ1) is 15.6. The highest BCUT2D eigenvalue weighted by molar-refractivity contribution is 7.93. The number of ether oxygens (including phenoxy) is 4. The molecule has 13 heteroatoms. The molecule has 33 heavy (non-hydrogen) atoms. The van der Waals surface area contributed by atoms with Crippen molar-refractivity contribution in [2.24, 2.45) is 9.98 Å². The summed E-state index contributed by atoms with van der Waals surface area (Å²) >= 11 is 0. The number of nitrogens with zero attached hydrogens (tertiary/aromatic N) is 2. The molecule has 0 aliphatic carbocycles. The van der Waals surface area contributed by atoms with Crippen LogP contribution >= 0.6 is 0 Å². The Bertz CT molecular complexity index is 1070. The van der Waals surface area contributed by atoms with E-state index in [2.05, 4.69) is 28.9 Å². The van der Waals surface area contributed by atoms with Crippen molar-refractivity contribution < 1.29 is 46.5 Å². The average molecular weight is 480 g/mol. The van der Waals surface area contributed by atoms with Crippen molar-refractivity contribution in [2.45, 2.75) is 10.7 Å². The number of methoxy groups -OCH3 is 4. The monoisotopic (exact) mass is 480 g/mol. The number of hydrogen-bond donors (Lipinski definition) is 0. The van der Waals surface area contributed by atoms with Gasteiger partial charge in [-0.05, 0) is 23.3 Å². The molecule has 0 spiro atoms. The zero-order chi connectivity index (χ0) is 24.8. The SMILES string of the molecule is COC(=O)C=C1C=CC(C(=O)OC)=NC1S(=O)(=O)C1N=C(C(=O)OC)C=CC1=CC(=O)OC. The van der Waals surface area contributed by atoms with E-state index in [9.17, 15) is 27.6 Å². The highest BCUT2D eigenvalue weighted by Gasteiger charge is 2.41. The second kappa shape index (κ2) is 10.6. The summed E-state index contributed by atoms with van der Waals surface area (Å²) in [5.41, 5.74) is -0.960. The van der Waals surface area contributed by atoms with Gasteiger partial charge in [-0.15, -0.1) is 0 Å². The Balaban J connectivity index is 2.71. The maximum atomic E-state index is 13.6. The standard InChI is InChI=1S/C20H20N2O10S/c1-29-15(23)9-11-5-7-13(19(25)31-3)21-17(11)33(27,28)18-12(10-16(24)30-2)6-8-14(22-18)20(26)32-4/h5-10,17-18H,1-4H3. The summed E-state index contributed by atoms with van der Waals surface area (Å²) in [6, 6.07) is 0. The van der Waals surface area contributed by atoms with Crippen molar-refractivity contribution in [1.29, 1.82) is 0 Å². The molecule has 2 aliphatic rings. The molecule has 0 saturated heterocycles. The number of sulfone groups is 1. The third-order valence-corrected chi connectivity index (χ3v) is 6.33. The van der Waals surface area contributed by atoms with Gasteiger partial charge in [0.2, 0.25) is 9.84 Å². The van der Waals surface area contributed by atoms with Gasteiger partial charge in [-0.25, -0.2) is 27.6 Å². The molecule has 0 aromatic rings. The van der Waals surface area contributed by atoms with Gasteiger partial charge in [-0.1, -0.05) is 12.2 Å². The molecule has 2 aliphatic heterocycles. The molecule has 2 atom stereocenters. The summed E-state index contributed by atoms with van der Waals surface area (Å²) in [7, 11) is -0.239. The van der Waals surface area contributed by atoms with Crippen LogP contribution in [0.1, 0.15) is 0 Å². The topological polar surface area (TPSA) is 164 Å². The molecule has 0 N–H and O–H groups in total. The van der Waals surface area contributed by atoms with E-state index in [-0.39, 0.29) is 22.6 Å². The normalized spacial score (nSPS) is 22.3. The van der Waals surface area contributed by atoms with E-state index in [0.717, 1.165) is 40.6 Å². The Morgan fingerprint density at radius 2 is 1.06 bits per heavy atom. The number of hydrogen-bond acceptors (Lipinski definition) is 12. The molecule has 2 unspecified atom stereocenters. The number of carbonyl (C=O) groups excluding carboxylic acids is 4. The third-order valence-electron chi connectivity index (χ3n) is 4.33. The molecule has 0 fully saturated rings. The Kier molecular flexibility index (Phi) is 8.18. The van der Waals surface area contributed by atoms with E-state index in [1.54, 1.807) is 0 Å². The van der Waals surface area contributed by atoms with Crippen LogP contribution in [-0.4, -0.2) is 82.9 Å². The summed E-state index contributed by atoms with van der Waals surface area (Å²) in [5, 5.41) is -3.65. The zero-order valence-corrected chi connectivity index (χ0v) is 18.8. The van der Waals surface area contributed by atoms with E-state index in [4.69, 9.17) is 0 Å². The minimum absolute atomic E-state index is 0.142. The first kappa shape index (κ1) is 25.4. The number of rotatable bonds is 6. The van der Waals surface area contributed by atoms with E-state index >= 15 is 0 Å². The lowest BCUT2D eigenvalue weighted by Crippen LogP contribution is -2.37. The minimum atomic E-state index is -4.59. The van der Waals surface area contributed by atoms with Crippen molar-refractivity contribution >= 4 is 45.1 Å². The quantitative estimate of drug-likeness (QED) is 0.278. The van der Waals surface area contributed by atoms with Gasteiger partial charge in [0.1, 0.15) is 11.4 Å². The molecule has 176 valence electrons. The fourth-order valence-electron chi connectivity index (χ4n) is 2.73. The largest absolute Gasteiger partial charge is 0.466 e. The lowest BCUT2D eigenvalue weighted by Gasteiger charge is -2.25. The molecule has 0 aromatic carbocycles. The molecular formula is C20H20N2O10S. The lowest BCUT2D eigenvalue weighted by molar-refractivity contribution is -0.135. The summed E-state index contributed by atoms with van der Waals surface area (Å²) < 4.78 is 45.6. The van der Waals surface area contributed by atoms with Crippen molar-refractivity contribution in [3.8, 4) is 0 Å². The van der Waals surface area contributed by atoms with E-state index in [1.807, 2.05) is 0 Å². The van der Waals surface area contributed by atoms with Crippen LogP contribution in [-0.2, 0) is 48.0 Å². The van der Waals surface area contributed by atoms with E-state index in [1.165, 1.54) is 24.3 Å². The Morgan fingerprint density at radius 1 is 0.697 bits per heavy atom. The van der Waals surface area contributed by atoms with Crippen LogP contribution in [0.15, 0.2) is 57.6 Å². The Labute approximate surface area is 188 Å². The second-order valence-electron chi connectivity index (χ2n) is 6.31. The fourth-order valence-corrected chi connectivity index (χ4v) is 4.55. The van der Waals surface area contributed by atoms with Crippen LogP contribution in [0.4, 0.5) is 0 Å². The minimum Gasteiger partial charge on any atom is -0.466 e. The molecule has 12 nitrogen and oxygen atoms in total. The predicted octanol–water partition coefficient (Wildman–Crippen LogP) is -0.380. The van der Waals surface area contributed by atoms with Crippen LogP contribution in [0.3, 0.4) is 0 Å². The number of aliphatic imine (C=N–C) groups is 2. The fraction of sp³-hybridized carbons (Fsp3) is 0.300. The van der Waals surface area contributed by atoms with Crippen LogP contribution in [0, 0.1) is 0 Å². The third kappa shape index (κ3) is 5.68. The van der Waals surface area contributed by atoms with Crippen LogP contribution in [0.2, 0.25) is 0 Å². The average Bonchev–Trinajstić information content (AvgIpc) is 2.82. The number of dihydropyridines is 2. The first-order valence-electron chi connectivity index (χ1n) is 9.09. The van der Waals surface area contributed by atoms with E-state index < -0.39 is 44.5 Å². The van der Waals surface area contributed by atoms with Gasteiger partial charge in [0, 0.05) is 12.2 Å². The van der Waals surface area contributed by atoms with Gasteiger partial charge in [0.05, 0.1) is 28.4 Å². The van der Waals surface area contributed by atoms with Gasteiger partial charge < -0.3 is 18.9 Å². The summed E-state index contributed by atoms with van der Waals surface area (Å²) in [5.74, 6) is -3.59. The highest BCUT2D eigenvalue weighted by atomic mass is 32.2. The van der Waals surface area contributed by atoms with Crippen molar-refractivity contribution in [3.63, 3.8) is 0 Å². The predicted molar refractivity (Wildman–Crippen MR) is 114 cm³/mol. The second-order valence-corrected chi connectivity index (χ2v) is 8.38. The summed E-state index contributed by atoms with van der Waals surface area (Å²) in [6.45, 7) is 0.